The van der Waals surface area contributed by atoms with Gasteiger partial charge in [-0.05, 0) is 65.3 Å². The van der Waals surface area contributed by atoms with Gasteiger partial charge in [0, 0.05) is 37.7 Å². The summed E-state index contributed by atoms with van der Waals surface area (Å²) < 4.78 is 0.904. The second-order valence-corrected chi connectivity index (χ2v) is 12.4. The summed E-state index contributed by atoms with van der Waals surface area (Å²) in [7, 11) is 0. The van der Waals surface area contributed by atoms with Crippen molar-refractivity contribution in [2.24, 2.45) is 11.8 Å². The first-order valence-corrected chi connectivity index (χ1v) is 15.5. The molecule has 220 valence electrons. The number of carboxylic acid groups (broad SMARTS) is 1. The fraction of sp³-hybridized carbons (Fsp3) is 0.355. The van der Waals surface area contributed by atoms with Crippen LogP contribution in [-0.2, 0) is 19.2 Å². The highest BCUT2D eigenvalue weighted by Crippen LogP contribution is 2.47. The van der Waals surface area contributed by atoms with E-state index in [0.29, 0.717) is 41.5 Å². The number of carboxylic acids is 1. The van der Waals surface area contributed by atoms with Crippen molar-refractivity contribution >= 4 is 74.4 Å². The average Bonchev–Trinajstić information content (AvgIpc) is 3.66. The molecule has 1 saturated carbocycles. The van der Waals surface area contributed by atoms with Crippen LogP contribution in [0.15, 0.2) is 53.9 Å². The van der Waals surface area contributed by atoms with E-state index < -0.39 is 17.8 Å². The molecule has 3 unspecified atom stereocenters. The topological polar surface area (TPSA) is 116 Å². The highest BCUT2D eigenvalue weighted by Gasteiger charge is 2.44. The molecule has 3 atom stereocenters. The number of carbonyl (C=O) groups is 4. The number of aliphatic carboxylic acids is 1. The van der Waals surface area contributed by atoms with E-state index >= 15 is 0 Å². The Hall–Kier alpha value is -3.40. The number of hydrogen-bond donors (Lipinski definition) is 3. The molecular weight excluding hydrogens is 597 g/mol. The number of hydrogen-bond acceptors (Lipinski definition) is 5. The zero-order chi connectivity index (χ0) is 29.8. The summed E-state index contributed by atoms with van der Waals surface area (Å²) in [5.74, 6) is -2.75. The molecule has 1 aliphatic heterocycles. The number of likely N-dealkylation sites (tertiary alicyclic amines) is 1. The Morgan fingerprint density at radius 3 is 2.52 bits per heavy atom. The molecule has 3 aromatic rings. The number of halogens is 2. The smallest absolute Gasteiger partial charge is 0.304 e. The van der Waals surface area contributed by atoms with Gasteiger partial charge in [-0.1, -0.05) is 53.5 Å². The molecule has 1 aromatic heterocycles. The number of benzene rings is 2. The van der Waals surface area contributed by atoms with Crippen LogP contribution in [0.25, 0.3) is 16.2 Å². The van der Waals surface area contributed by atoms with E-state index in [4.69, 9.17) is 23.2 Å². The minimum absolute atomic E-state index is 0.0408. The Bertz CT molecular complexity index is 1520. The van der Waals surface area contributed by atoms with E-state index in [-0.39, 0.29) is 42.7 Å². The van der Waals surface area contributed by atoms with E-state index in [2.05, 4.69) is 10.6 Å². The van der Waals surface area contributed by atoms with Crippen molar-refractivity contribution in [1.82, 2.24) is 15.5 Å². The quantitative estimate of drug-likeness (QED) is 0.262. The highest BCUT2D eigenvalue weighted by molar-refractivity contribution is 7.18. The zero-order valence-electron chi connectivity index (χ0n) is 22.7. The second-order valence-electron chi connectivity index (χ2n) is 10.8. The number of nitrogens with one attached hydrogen (secondary N) is 2. The summed E-state index contributed by atoms with van der Waals surface area (Å²) >= 11 is 14.3. The lowest BCUT2D eigenvalue weighted by molar-refractivity contribution is -0.141. The van der Waals surface area contributed by atoms with Crippen LogP contribution in [0.3, 0.4) is 0 Å². The lowest BCUT2D eigenvalue weighted by Gasteiger charge is -2.32. The minimum Gasteiger partial charge on any atom is -0.481 e. The first-order chi connectivity index (χ1) is 20.2. The number of carbonyl (C=O) groups excluding carboxylic acids is 3. The summed E-state index contributed by atoms with van der Waals surface area (Å²) in [6, 6.07) is 13.4. The largest absolute Gasteiger partial charge is 0.481 e. The third kappa shape index (κ3) is 7.14. The Kier molecular flexibility index (Phi) is 9.50. The van der Waals surface area contributed by atoms with Crippen molar-refractivity contribution in [1.29, 1.82) is 0 Å². The third-order valence-electron chi connectivity index (χ3n) is 7.88. The first kappa shape index (κ1) is 30.1. The van der Waals surface area contributed by atoms with Gasteiger partial charge >= 0.3 is 5.97 Å². The molecule has 2 aromatic carbocycles. The number of thiophene rings is 1. The summed E-state index contributed by atoms with van der Waals surface area (Å²) in [5, 5.41) is 18.8. The van der Waals surface area contributed by atoms with Crippen LogP contribution < -0.4 is 10.6 Å². The monoisotopic (exact) mass is 627 g/mol. The molecule has 2 aliphatic rings. The van der Waals surface area contributed by atoms with Crippen molar-refractivity contribution < 1.29 is 24.3 Å². The van der Waals surface area contributed by atoms with Crippen molar-refractivity contribution in [2.45, 2.75) is 37.6 Å². The fourth-order valence-electron chi connectivity index (χ4n) is 5.40. The molecule has 2 heterocycles. The van der Waals surface area contributed by atoms with Crippen molar-refractivity contribution in [3.63, 3.8) is 0 Å². The van der Waals surface area contributed by atoms with Gasteiger partial charge in [-0.3, -0.25) is 19.2 Å². The molecule has 0 spiro atoms. The maximum absolute atomic E-state index is 13.0. The molecule has 42 heavy (non-hydrogen) atoms. The maximum Gasteiger partial charge on any atom is 0.304 e. The Morgan fingerprint density at radius 2 is 1.81 bits per heavy atom. The molecule has 1 aliphatic carbocycles. The van der Waals surface area contributed by atoms with Crippen LogP contribution in [0.4, 0.5) is 0 Å². The van der Waals surface area contributed by atoms with Gasteiger partial charge in [-0.15, -0.1) is 11.3 Å². The van der Waals surface area contributed by atoms with Crippen molar-refractivity contribution in [3.8, 4) is 0 Å². The van der Waals surface area contributed by atoms with Gasteiger partial charge in [-0.2, -0.15) is 0 Å². The SMILES string of the molecule is O=C(O)CC(CNC(=O)C1CC1c1ccccc1)C(=O)NC1CCN(C(=O)C=Cc2cc3ccsc3c(Cl)c2Cl)CC1. The van der Waals surface area contributed by atoms with Crippen LogP contribution in [-0.4, -0.2) is 59.4 Å². The highest BCUT2D eigenvalue weighted by atomic mass is 35.5. The van der Waals surface area contributed by atoms with Gasteiger partial charge in [0.2, 0.25) is 17.7 Å². The number of fused-ring (bicyclic) bond motifs is 1. The minimum atomic E-state index is -1.11. The van der Waals surface area contributed by atoms with Gasteiger partial charge in [0.15, 0.2) is 0 Å². The zero-order valence-corrected chi connectivity index (χ0v) is 25.1. The van der Waals surface area contributed by atoms with Gasteiger partial charge in [-0.25, -0.2) is 0 Å². The molecule has 0 bridgehead atoms. The van der Waals surface area contributed by atoms with Gasteiger partial charge in [0.05, 0.1) is 27.1 Å². The van der Waals surface area contributed by atoms with E-state index in [0.717, 1.165) is 22.1 Å². The number of amides is 3. The number of nitrogens with zero attached hydrogens (tertiary/aromatic N) is 1. The number of piperidine rings is 1. The Labute approximate surface area is 257 Å². The molecule has 0 radical (unpaired) electrons. The fourth-order valence-corrected chi connectivity index (χ4v) is 6.84. The van der Waals surface area contributed by atoms with Gasteiger partial charge in [0.25, 0.3) is 0 Å². The van der Waals surface area contributed by atoms with Crippen molar-refractivity contribution in [2.75, 3.05) is 19.6 Å². The summed E-state index contributed by atoms with van der Waals surface area (Å²) in [4.78, 5) is 51.7. The molecule has 1 saturated heterocycles. The lowest BCUT2D eigenvalue weighted by Crippen LogP contribution is -2.49. The van der Waals surface area contributed by atoms with Gasteiger partial charge < -0.3 is 20.6 Å². The molecule has 5 rings (SSSR count). The van der Waals surface area contributed by atoms with Crippen LogP contribution in [0, 0.1) is 11.8 Å². The molecule has 3 N–H and O–H groups in total. The lowest BCUT2D eigenvalue weighted by atomic mass is 10.0. The van der Waals surface area contributed by atoms with E-state index in [1.165, 1.54) is 17.4 Å². The normalized spacial score (nSPS) is 19.5. The summed E-state index contributed by atoms with van der Waals surface area (Å²) in [6.45, 7) is 0.838. The van der Waals surface area contributed by atoms with Crippen LogP contribution in [0.5, 0.6) is 0 Å². The van der Waals surface area contributed by atoms with E-state index in [9.17, 15) is 24.3 Å². The average molecular weight is 629 g/mol. The first-order valence-electron chi connectivity index (χ1n) is 13.9. The summed E-state index contributed by atoms with van der Waals surface area (Å²) in [5.41, 5.74) is 1.77. The standard InChI is InChI=1S/C31H31Cl2N3O5S/c32-27-19(14-20-10-13-42-29(20)28(27)33)6-7-25(37)36-11-8-22(9-12-36)35-30(40)21(15-26(38)39)17-34-31(41)24-16-23(24)18-4-2-1-3-5-18/h1-7,10,13-14,21-24H,8-9,11-12,15-17H2,(H,34,41)(H,35,40)(H,38,39). The number of rotatable bonds is 10. The molecule has 3 amide bonds. The predicted octanol–water partition coefficient (Wildman–Crippen LogP) is 5.34. The van der Waals surface area contributed by atoms with Gasteiger partial charge in [0.1, 0.15) is 0 Å². The molecule has 11 heteroatoms. The van der Waals surface area contributed by atoms with Crippen molar-refractivity contribution in [3.05, 3.63) is 75.1 Å². The Morgan fingerprint density at radius 1 is 1.07 bits per heavy atom. The molecule has 2 fully saturated rings. The molecular formula is C31H31Cl2N3O5S. The van der Waals surface area contributed by atoms with Crippen LogP contribution >= 0.6 is 34.5 Å². The second kappa shape index (κ2) is 13.3. The van der Waals surface area contributed by atoms with Crippen LogP contribution in [0.2, 0.25) is 10.0 Å². The Balaban J connectivity index is 1.10. The predicted molar refractivity (Wildman–Crippen MR) is 165 cm³/mol. The van der Waals surface area contributed by atoms with E-state index in [1.807, 2.05) is 47.8 Å². The van der Waals surface area contributed by atoms with E-state index in [1.54, 1.807) is 11.0 Å². The molecule has 8 nitrogen and oxygen atoms in total. The third-order valence-corrected chi connectivity index (χ3v) is 9.82. The summed E-state index contributed by atoms with van der Waals surface area (Å²) in [6.07, 6.45) is 4.56. The maximum atomic E-state index is 13.0. The van der Waals surface area contributed by atoms with Crippen LogP contribution in [0.1, 0.15) is 42.7 Å².